The Bertz CT molecular complexity index is 724. The van der Waals surface area contributed by atoms with E-state index in [-0.39, 0.29) is 6.03 Å². The van der Waals surface area contributed by atoms with E-state index in [1.807, 2.05) is 43.3 Å². The molecular formula is C17H22N6O. The van der Waals surface area contributed by atoms with Crippen molar-refractivity contribution in [1.29, 1.82) is 0 Å². The molecule has 1 fully saturated rings. The quantitative estimate of drug-likeness (QED) is 0.781. The van der Waals surface area contributed by atoms with E-state index in [1.54, 1.807) is 6.07 Å². The van der Waals surface area contributed by atoms with Crippen molar-refractivity contribution in [3.05, 3.63) is 36.0 Å². The van der Waals surface area contributed by atoms with E-state index < -0.39 is 0 Å². The Kier molecular flexibility index (Phi) is 4.61. The fourth-order valence-corrected chi connectivity index (χ4v) is 2.34. The average molecular weight is 326 g/mol. The van der Waals surface area contributed by atoms with Crippen LogP contribution in [-0.4, -0.2) is 41.0 Å². The fraction of sp³-hybridized carbons (Fsp3) is 0.353. The van der Waals surface area contributed by atoms with Gasteiger partial charge in [0.05, 0.1) is 5.69 Å². The number of urea groups is 1. The van der Waals surface area contributed by atoms with Crippen LogP contribution in [0.15, 0.2) is 30.3 Å². The van der Waals surface area contributed by atoms with Crippen LogP contribution in [0.2, 0.25) is 0 Å². The zero-order valence-corrected chi connectivity index (χ0v) is 13.9. The first-order valence-electron chi connectivity index (χ1n) is 7.96. The number of rotatable bonds is 5. The molecule has 1 aromatic carbocycles. The second kappa shape index (κ2) is 6.84. The topological polar surface area (TPSA) is 96.2 Å². The Morgan fingerprint density at radius 1 is 1.25 bits per heavy atom. The Hall–Kier alpha value is -2.67. The highest BCUT2D eigenvalue weighted by Gasteiger charge is 2.23. The lowest BCUT2D eigenvalue weighted by Gasteiger charge is -2.11. The normalized spacial score (nSPS) is 13.8. The van der Waals surface area contributed by atoms with Gasteiger partial charge in [0.15, 0.2) is 5.82 Å². The van der Waals surface area contributed by atoms with Gasteiger partial charge in [-0.1, -0.05) is 0 Å². The smallest absolute Gasteiger partial charge is 0.319 e. The number of nitrogens with zero attached hydrogens (tertiary/aromatic N) is 3. The van der Waals surface area contributed by atoms with Crippen molar-refractivity contribution in [2.24, 2.45) is 0 Å². The van der Waals surface area contributed by atoms with Crippen molar-refractivity contribution < 1.29 is 4.79 Å². The molecule has 0 saturated heterocycles. The van der Waals surface area contributed by atoms with E-state index in [2.05, 4.69) is 20.6 Å². The molecule has 7 heteroatoms. The molecule has 4 N–H and O–H groups in total. The van der Waals surface area contributed by atoms with Crippen LogP contribution in [0.4, 0.5) is 16.3 Å². The number of anilines is 2. The average Bonchev–Trinajstić information content (AvgIpc) is 3.30. The summed E-state index contributed by atoms with van der Waals surface area (Å²) in [6.45, 7) is 0.695. The summed E-state index contributed by atoms with van der Waals surface area (Å²) in [5, 5.41) is 5.70. The second-order valence-corrected chi connectivity index (χ2v) is 6.30. The molecule has 24 heavy (non-hydrogen) atoms. The summed E-state index contributed by atoms with van der Waals surface area (Å²) in [4.78, 5) is 22.6. The van der Waals surface area contributed by atoms with Gasteiger partial charge in [-0.05, 0) is 51.2 Å². The Morgan fingerprint density at radius 2 is 1.96 bits per heavy atom. The van der Waals surface area contributed by atoms with E-state index in [4.69, 9.17) is 5.73 Å². The first-order chi connectivity index (χ1) is 11.5. The fourth-order valence-electron chi connectivity index (χ4n) is 2.34. The molecule has 1 aromatic heterocycles. The number of hydrogen-bond acceptors (Lipinski definition) is 5. The molecule has 1 aliphatic carbocycles. The van der Waals surface area contributed by atoms with Crippen LogP contribution in [0.3, 0.4) is 0 Å². The number of hydrogen-bond donors (Lipinski definition) is 3. The standard InChI is InChI=1S/C17H22N6O/c1-23(2)10-14-9-15(18)22-16(19-14)11-3-5-12(6-4-11)20-17(24)21-13-7-8-13/h3-6,9,13H,7-8,10H2,1-2H3,(H2,18,19,22)(H2,20,21,24). The lowest BCUT2D eigenvalue weighted by molar-refractivity contribution is 0.251. The number of nitrogens with two attached hydrogens (primary N) is 1. The van der Waals surface area contributed by atoms with Crippen LogP contribution in [0.1, 0.15) is 18.5 Å². The predicted octanol–water partition coefficient (Wildman–Crippen LogP) is 2.07. The number of carbonyl (C=O) groups excluding carboxylic acids is 1. The number of nitrogens with one attached hydrogen (secondary N) is 2. The molecule has 0 aliphatic heterocycles. The van der Waals surface area contributed by atoms with E-state index in [1.165, 1.54) is 0 Å². The number of carbonyl (C=O) groups is 1. The first kappa shape index (κ1) is 16.2. The summed E-state index contributed by atoms with van der Waals surface area (Å²) in [7, 11) is 3.95. The van der Waals surface area contributed by atoms with Crippen LogP contribution in [-0.2, 0) is 6.54 Å². The maximum Gasteiger partial charge on any atom is 0.319 e. The summed E-state index contributed by atoms with van der Waals surface area (Å²) in [5.41, 5.74) is 8.34. The monoisotopic (exact) mass is 326 g/mol. The summed E-state index contributed by atoms with van der Waals surface area (Å²) < 4.78 is 0. The Balaban J connectivity index is 1.72. The van der Waals surface area contributed by atoms with Crippen LogP contribution in [0.25, 0.3) is 11.4 Å². The molecule has 2 amide bonds. The zero-order valence-electron chi connectivity index (χ0n) is 13.9. The summed E-state index contributed by atoms with van der Waals surface area (Å²) in [5.74, 6) is 1.03. The van der Waals surface area contributed by atoms with Gasteiger partial charge in [-0.25, -0.2) is 14.8 Å². The molecule has 126 valence electrons. The third kappa shape index (κ3) is 4.42. The molecule has 1 aliphatic rings. The van der Waals surface area contributed by atoms with Gasteiger partial charge in [-0.15, -0.1) is 0 Å². The molecular weight excluding hydrogens is 304 g/mol. The van der Waals surface area contributed by atoms with Crippen molar-refractivity contribution in [3.63, 3.8) is 0 Å². The second-order valence-electron chi connectivity index (χ2n) is 6.30. The molecule has 0 atom stereocenters. The molecule has 7 nitrogen and oxygen atoms in total. The van der Waals surface area contributed by atoms with Gasteiger partial charge in [-0.2, -0.15) is 0 Å². The van der Waals surface area contributed by atoms with Crippen molar-refractivity contribution in [2.75, 3.05) is 25.1 Å². The van der Waals surface area contributed by atoms with Crippen molar-refractivity contribution in [2.45, 2.75) is 25.4 Å². The lowest BCUT2D eigenvalue weighted by atomic mass is 10.2. The summed E-state index contributed by atoms with van der Waals surface area (Å²) in [6, 6.07) is 9.36. The maximum absolute atomic E-state index is 11.7. The molecule has 2 aromatic rings. The highest BCUT2D eigenvalue weighted by molar-refractivity contribution is 5.89. The Morgan fingerprint density at radius 3 is 2.58 bits per heavy atom. The van der Waals surface area contributed by atoms with Gasteiger partial charge in [0.25, 0.3) is 0 Å². The third-order valence-electron chi connectivity index (χ3n) is 3.59. The molecule has 0 unspecified atom stereocenters. The van der Waals surface area contributed by atoms with E-state index in [0.29, 0.717) is 24.2 Å². The molecule has 0 spiro atoms. The first-order valence-corrected chi connectivity index (χ1v) is 7.96. The largest absolute Gasteiger partial charge is 0.384 e. The number of benzene rings is 1. The minimum atomic E-state index is -0.168. The zero-order chi connectivity index (χ0) is 17.1. The summed E-state index contributed by atoms with van der Waals surface area (Å²) in [6.07, 6.45) is 2.13. The number of nitrogen functional groups attached to an aromatic ring is 1. The van der Waals surface area contributed by atoms with Crippen LogP contribution < -0.4 is 16.4 Å². The summed E-state index contributed by atoms with van der Waals surface area (Å²) >= 11 is 0. The SMILES string of the molecule is CN(C)Cc1cc(N)nc(-c2ccc(NC(=O)NC3CC3)cc2)n1. The molecule has 0 bridgehead atoms. The minimum absolute atomic E-state index is 0.168. The number of amides is 2. The lowest BCUT2D eigenvalue weighted by Crippen LogP contribution is -2.30. The molecule has 1 saturated carbocycles. The molecule has 1 heterocycles. The van der Waals surface area contributed by atoms with Gasteiger partial charge < -0.3 is 21.3 Å². The predicted molar refractivity (Wildman–Crippen MR) is 94.4 cm³/mol. The van der Waals surface area contributed by atoms with Gasteiger partial charge in [0, 0.05) is 29.9 Å². The third-order valence-corrected chi connectivity index (χ3v) is 3.59. The van der Waals surface area contributed by atoms with Crippen LogP contribution >= 0.6 is 0 Å². The number of aromatic nitrogens is 2. The van der Waals surface area contributed by atoms with Gasteiger partial charge in [-0.3, -0.25) is 0 Å². The van der Waals surface area contributed by atoms with E-state index in [0.717, 1.165) is 29.8 Å². The van der Waals surface area contributed by atoms with Gasteiger partial charge in [0.2, 0.25) is 0 Å². The highest BCUT2D eigenvalue weighted by atomic mass is 16.2. The highest BCUT2D eigenvalue weighted by Crippen LogP contribution is 2.21. The Labute approximate surface area is 141 Å². The van der Waals surface area contributed by atoms with E-state index in [9.17, 15) is 4.79 Å². The van der Waals surface area contributed by atoms with Crippen LogP contribution in [0.5, 0.6) is 0 Å². The van der Waals surface area contributed by atoms with Crippen LogP contribution in [0, 0.1) is 0 Å². The molecule has 0 radical (unpaired) electrons. The van der Waals surface area contributed by atoms with Crippen molar-refractivity contribution in [1.82, 2.24) is 20.2 Å². The maximum atomic E-state index is 11.7. The van der Waals surface area contributed by atoms with Crippen molar-refractivity contribution in [3.8, 4) is 11.4 Å². The van der Waals surface area contributed by atoms with Gasteiger partial charge >= 0.3 is 6.03 Å². The minimum Gasteiger partial charge on any atom is -0.384 e. The van der Waals surface area contributed by atoms with Crippen molar-refractivity contribution >= 4 is 17.5 Å². The molecule has 3 rings (SSSR count). The van der Waals surface area contributed by atoms with E-state index >= 15 is 0 Å². The van der Waals surface area contributed by atoms with Gasteiger partial charge in [0.1, 0.15) is 5.82 Å².